The lowest BCUT2D eigenvalue weighted by atomic mass is 10.1. The van der Waals surface area contributed by atoms with Gasteiger partial charge >= 0.3 is 0 Å². The zero-order valence-corrected chi connectivity index (χ0v) is 15.2. The van der Waals surface area contributed by atoms with Gasteiger partial charge in [0.1, 0.15) is 11.9 Å². The molecule has 0 bridgehead atoms. The maximum absolute atomic E-state index is 13.1. The van der Waals surface area contributed by atoms with Crippen molar-refractivity contribution >= 4 is 5.96 Å². The predicted octanol–water partition coefficient (Wildman–Crippen LogP) is 2.59. The smallest absolute Gasteiger partial charge is 0.193 e. The predicted molar refractivity (Wildman–Crippen MR) is 93.7 cm³/mol. The first-order valence-corrected chi connectivity index (χ1v) is 8.26. The minimum absolute atomic E-state index is 0.0581. The van der Waals surface area contributed by atoms with E-state index in [0.717, 1.165) is 18.1 Å². The maximum atomic E-state index is 13.1. The summed E-state index contributed by atoms with van der Waals surface area (Å²) in [6.45, 7) is 8.17. The molecule has 1 heterocycles. The monoisotopic (exact) mass is 337 g/mol. The molecule has 1 aromatic rings. The summed E-state index contributed by atoms with van der Waals surface area (Å²) in [4.78, 5) is 6.56. The minimum atomic E-state index is -0.274. The second-order valence-electron chi connectivity index (χ2n) is 6.76. The van der Waals surface area contributed by atoms with E-state index in [-0.39, 0.29) is 23.6 Å². The lowest BCUT2D eigenvalue weighted by Gasteiger charge is -2.39. The Morgan fingerprint density at radius 2 is 2.04 bits per heavy atom. The van der Waals surface area contributed by atoms with Gasteiger partial charge in [0.05, 0.1) is 18.2 Å². The molecule has 2 unspecified atom stereocenters. The summed E-state index contributed by atoms with van der Waals surface area (Å²) in [5.74, 6) is 0.584. The van der Waals surface area contributed by atoms with Crippen molar-refractivity contribution in [2.45, 2.75) is 38.6 Å². The van der Waals surface area contributed by atoms with Crippen molar-refractivity contribution in [3.63, 3.8) is 0 Å². The first-order chi connectivity index (χ1) is 11.3. The molecule has 0 saturated carbocycles. The highest BCUT2D eigenvalue weighted by atomic mass is 19.1. The molecule has 1 aliphatic heterocycles. The lowest BCUT2D eigenvalue weighted by molar-refractivity contribution is -0.0608. The van der Waals surface area contributed by atoms with Crippen LogP contribution < -0.4 is 5.32 Å². The van der Waals surface area contributed by atoms with Gasteiger partial charge in [0.2, 0.25) is 0 Å². The summed E-state index contributed by atoms with van der Waals surface area (Å²) in [5.41, 5.74) is 0.699. The molecule has 0 spiro atoms. The second kappa shape index (κ2) is 7.94. The molecule has 0 aromatic heterocycles. The van der Waals surface area contributed by atoms with Gasteiger partial charge in [-0.05, 0) is 38.5 Å². The van der Waals surface area contributed by atoms with Gasteiger partial charge < -0.3 is 19.7 Å². The van der Waals surface area contributed by atoms with Crippen molar-refractivity contribution in [1.82, 2.24) is 10.2 Å². The van der Waals surface area contributed by atoms with Crippen LogP contribution in [0, 0.1) is 5.82 Å². The molecule has 1 saturated heterocycles. The molecule has 6 heteroatoms. The molecule has 24 heavy (non-hydrogen) atoms. The molecule has 1 aliphatic rings. The molecule has 0 amide bonds. The number of methoxy groups -OCH3 is 1. The van der Waals surface area contributed by atoms with Gasteiger partial charge in [-0.2, -0.15) is 0 Å². The Bertz CT molecular complexity index is 560. The molecule has 5 nitrogen and oxygen atoms in total. The third-order valence-corrected chi connectivity index (χ3v) is 4.24. The highest BCUT2D eigenvalue weighted by molar-refractivity contribution is 5.80. The van der Waals surface area contributed by atoms with E-state index < -0.39 is 0 Å². The third-order valence-electron chi connectivity index (χ3n) is 4.24. The van der Waals surface area contributed by atoms with Crippen molar-refractivity contribution in [2.75, 3.05) is 33.8 Å². The van der Waals surface area contributed by atoms with E-state index >= 15 is 0 Å². The second-order valence-corrected chi connectivity index (χ2v) is 6.76. The summed E-state index contributed by atoms with van der Waals surface area (Å²) >= 11 is 0. The van der Waals surface area contributed by atoms with E-state index in [1.165, 1.54) is 12.1 Å². The first-order valence-electron chi connectivity index (χ1n) is 8.26. The number of rotatable bonds is 4. The topological polar surface area (TPSA) is 46.1 Å². The number of morpholine rings is 1. The number of ether oxygens (including phenoxy) is 2. The van der Waals surface area contributed by atoms with E-state index in [4.69, 9.17) is 9.47 Å². The van der Waals surface area contributed by atoms with Crippen molar-refractivity contribution in [2.24, 2.45) is 4.99 Å². The van der Waals surface area contributed by atoms with Crippen molar-refractivity contribution in [1.29, 1.82) is 0 Å². The van der Waals surface area contributed by atoms with Crippen LogP contribution in [0.3, 0.4) is 0 Å². The fourth-order valence-electron chi connectivity index (χ4n) is 2.68. The van der Waals surface area contributed by atoms with E-state index in [9.17, 15) is 4.39 Å². The average molecular weight is 337 g/mol. The van der Waals surface area contributed by atoms with Crippen LogP contribution in [0.1, 0.15) is 32.4 Å². The summed E-state index contributed by atoms with van der Waals surface area (Å²) in [5, 5.41) is 3.37. The molecule has 2 rings (SSSR count). The van der Waals surface area contributed by atoms with Crippen molar-refractivity contribution in [3.05, 3.63) is 35.6 Å². The standard InChI is InChI=1S/C18H28FN3O2/c1-13-10-22(17(20-4)21-12-18(2,3)23-5)11-16(24-13)14-6-8-15(19)9-7-14/h6-9,13,16H,10-12H2,1-5H3,(H,20,21). The Labute approximate surface area is 143 Å². The molecular formula is C18H28FN3O2. The van der Waals surface area contributed by atoms with E-state index in [1.54, 1.807) is 26.3 Å². The molecular weight excluding hydrogens is 309 g/mol. The average Bonchev–Trinajstić information content (AvgIpc) is 2.55. The van der Waals surface area contributed by atoms with Crippen molar-refractivity contribution in [3.8, 4) is 0 Å². The highest BCUT2D eigenvalue weighted by Crippen LogP contribution is 2.25. The summed E-state index contributed by atoms with van der Waals surface area (Å²) in [6, 6.07) is 6.49. The van der Waals surface area contributed by atoms with E-state index in [0.29, 0.717) is 13.1 Å². The molecule has 134 valence electrons. The zero-order valence-electron chi connectivity index (χ0n) is 15.2. The first kappa shape index (κ1) is 18.7. The summed E-state index contributed by atoms with van der Waals surface area (Å²) in [6.07, 6.45) is -0.0499. The van der Waals surface area contributed by atoms with Crippen LogP contribution in [0.15, 0.2) is 29.3 Å². The number of guanidine groups is 1. The van der Waals surface area contributed by atoms with Gasteiger partial charge in [-0.3, -0.25) is 4.99 Å². The highest BCUT2D eigenvalue weighted by Gasteiger charge is 2.29. The fourth-order valence-corrected chi connectivity index (χ4v) is 2.68. The Kier molecular flexibility index (Phi) is 6.18. The number of hydrogen-bond acceptors (Lipinski definition) is 3. The number of nitrogens with one attached hydrogen (secondary N) is 1. The van der Waals surface area contributed by atoms with Crippen LogP contribution in [0.5, 0.6) is 0 Å². The molecule has 1 fully saturated rings. The number of nitrogens with zero attached hydrogens (tertiary/aromatic N) is 2. The number of benzene rings is 1. The van der Waals surface area contributed by atoms with Gasteiger partial charge in [-0.15, -0.1) is 0 Å². The van der Waals surface area contributed by atoms with Crippen LogP contribution in [0.25, 0.3) is 0 Å². The minimum Gasteiger partial charge on any atom is -0.377 e. The van der Waals surface area contributed by atoms with Gasteiger partial charge in [-0.1, -0.05) is 12.1 Å². The van der Waals surface area contributed by atoms with Crippen LogP contribution in [0.4, 0.5) is 4.39 Å². The van der Waals surface area contributed by atoms with Gasteiger partial charge in [0, 0.05) is 27.2 Å². The number of halogens is 1. The molecule has 2 atom stereocenters. The lowest BCUT2D eigenvalue weighted by Crippen LogP contribution is -2.53. The quantitative estimate of drug-likeness (QED) is 0.678. The van der Waals surface area contributed by atoms with Gasteiger partial charge in [0.25, 0.3) is 0 Å². The molecule has 1 N–H and O–H groups in total. The third kappa shape index (κ3) is 4.92. The maximum Gasteiger partial charge on any atom is 0.193 e. The van der Waals surface area contributed by atoms with Crippen LogP contribution in [-0.4, -0.2) is 56.4 Å². The largest absolute Gasteiger partial charge is 0.377 e. The van der Waals surface area contributed by atoms with Crippen LogP contribution in [0.2, 0.25) is 0 Å². The van der Waals surface area contributed by atoms with Crippen LogP contribution >= 0.6 is 0 Å². The van der Waals surface area contributed by atoms with Crippen LogP contribution in [-0.2, 0) is 9.47 Å². The summed E-state index contributed by atoms with van der Waals surface area (Å²) < 4.78 is 24.6. The zero-order chi connectivity index (χ0) is 17.7. The van der Waals surface area contributed by atoms with Crippen molar-refractivity contribution < 1.29 is 13.9 Å². The van der Waals surface area contributed by atoms with E-state index in [2.05, 4.69) is 15.2 Å². The van der Waals surface area contributed by atoms with Gasteiger partial charge in [0.15, 0.2) is 5.96 Å². The normalized spacial score (nSPS) is 22.6. The molecule has 0 aliphatic carbocycles. The Morgan fingerprint density at radius 3 is 2.62 bits per heavy atom. The molecule has 1 aromatic carbocycles. The fraction of sp³-hybridized carbons (Fsp3) is 0.611. The van der Waals surface area contributed by atoms with E-state index in [1.807, 2.05) is 20.8 Å². The Morgan fingerprint density at radius 1 is 1.38 bits per heavy atom. The molecule has 0 radical (unpaired) electrons. The Balaban J connectivity index is 2.07. The SMILES string of the molecule is CN=C(NCC(C)(C)OC)N1CC(C)OC(c2ccc(F)cc2)C1. The number of aliphatic imine (C=N–C) groups is 1. The Hall–Kier alpha value is -1.66. The summed E-state index contributed by atoms with van der Waals surface area (Å²) in [7, 11) is 3.47. The number of hydrogen-bond donors (Lipinski definition) is 1. The van der Waals surface area contributed by atoms with Gasteiger partial charge in [-0.25, -0.2) is 4.39 Å².